The Morgan fingerprint density at radius 1 is 1.18 bits per heavy atom. The van der Waals surface area contributed by atoms with Crippen LogP contribution in [0, 0.1) is 0 Å². The molecule has 0 heterocycles. The molecular formula is C20H25ClN2O4S. The van der Waals surface area contributed by atoms with Crippen molar-refractivity contribution in [3.05, 3.63) is 64.7 Å². The second kappa shape index (κ2) is 9.05. The minimum Gasteiger partial charge on any atom is -0.465 e. The summed E-state index contributed by atoms with van der Waals surface area (Å²) in [6.45, 7) is 6.00. The van der Waals surface area contributed by atoms with E-state index in [1.165, 1.54) is 25.3 Å². The maximum Gasteiger partial charge on any atom is 0.337 e. The minimum atomic E-state index is -3.85. The van der Waals surface area contributed by atoms with Gasteiger partial charge in [-0.15, -0.1) is 0 Å². The van der Waals surface area contributed by atoms with E-state index in [1.54, 1.807) is 0 Å². The highest BCUT2D eigenvalue weighted by Crippen LogP contribution is 2.23. The maximum absolute atomic E-state index is 12.7. The molecule has 0 saturated heterocycles. The molecule has 0 aliphatic heterocycles. The first-order chi connectivity index (χ1) is 13.1. The molecule has 1 atom stereocenters. The van der Waals surface area contributed by atoms with Gasteiger partial charge >= 0.3 is 5.97 Å². The molecule has 0 aliphatic rings. The summed E-state index contributed by atoms with van der Waals surface area (Å²) in [6.07, 6.45) is 0. The Labute approximate surface area is 171 Å². The van der Waals surface area contributed by atoms with Gasteiger partial charge in [0.1, 0.15) is 4.90 Å². The number of sulfonamides is 1. The van der Waals surface area contributed by atoms with Gasteiger partial charge in [0, 0.05) is 18.1 Å². The fourth-order valence-corrected chi connectivity index (χ4v) is 4.53. The molecule has 0 aliphatic carbocycles. The van der Waals surface area contributed by atoms with Crippen molar-refractivity contribution in [1.82, 2.24) is 10.0 Å². The summed E-state index contributed by atoms with van der Waals surface area (Å²) in [7, 11) is -2.60. The maximum atomic E-state index is 12.7. The Morgan fingerprint density at radius 3 is 2.39 bits per heavy atom. The third-order valence-electron chi connectivity index (χ3n) is 4.25. The molecule has 0 bridgehead atoms. The number of rotatable bonds is 8. The van der Waals surface area contributed by atoms with Crippen LogP contribution < -0.4 is 10.0 Å². The van der Waals surface area contributed by atoms with Gasteiger partial charge in [-0.1, -0.05) is 41.9 Å². The van der Waals surface area contributed by atoms with Crippen molar-refractivity contribution >= 4 is 27.6 Å². The number of carbonyl (C=O) groups is 1. The van der Waals surface area contributed by atoms with Crippen molar-refractivity contribution in [2.45, 2.75) is 37.2 Å². The number of hydrogen-bond donors (Lipinski definition) is 2. The molecule has 0 fully saturated rings. The Hall–Kier alpha value is -1.93. The van der Waals surface area contributed by atoms with E-state index in [2.05, 4.69) is 14.8 Å². The first-order valence-electron chi connectivity index (χ1n) is 8.76. The molecular weight excluding hydrogens is 400 g/mol. The molecule has 2 aromatic carbocycles. The average Bonchev–Trinajstić information content (AvgIpc) is 2.66. The molecule has 1 unspecified atom stereocenters. The lowest BCUT2D eigenvalue weighted by atomic mass is 10.0. The van der Waals surface area contributed by atoms with Gasteiger partial charge in [0.15, 0.2) is 0 Å². The zero-order valence-electron chi connectivity index (χ0n) is 16.3. The van der Waals surface area contributed by atoms with Gasteiger partial charge in [0.2, 0.25) is 10.0 Å². The van der Waals surface area contributed by atoms with Crippen LogP contribution in [0.1, 0.15) is 42.7 Å². The molecule has 0 radical (unpaired) electrons. The highest BCUT2D eigenvalue weighted by Gasteiger charge is 2.26. The highest BCUT2D eigenvalue weighted by atomic mass is 35.5. The number of nitrogens with one attached hydrogen (secondary N) is 2. The lowest BCUT2D eigenvalue weighted by Gasteiger charge is -2.30. The van der Waals surface area contributed by atoms with Gasteiger partial charge in [-0.2, -0.15) is 0 Å². The molecule has 152 valence electrons. The second-order valence-electron chi connectivity index (χ2n) is 7.12. The molecule has 2 rings (SSSR count). The lowest BCUT2D eigenvalue weighted by Crippen LogP contribution is -2.49. The van der Waals surface area contributed by atoms with E-state index in [0.717, 1.165) is 5.56 Å². The second-order valence-corrected chi connectivity index (χ2v) is 9.26. The Morgan fingerprint density at radius 2 is 1.82 bits per heavy atom. The summed E-state index contributed by atoms with van der Waals surface area (Å²) in [5.41, 5.74) is 0.783. The number of halogens is 1. The Kier molecular flexibility index (Phi) is 7.22. The summed E-state index contributed by atoms with van der Waals surface area (Å²) < 4.78 is 32.5. The number of carbonyl (C=O) groups excluding carboxylic acids is 1. The molecule has 0 amide bonds. The van der Waals surface area contributed by atoms with E-state index >= 15 is 0 Å². The number of esters is 1. The first kappa shape index (κ1) is 22.4. The average molecular weight is 425 g/mol. The Bertz CT molecular complexity index is 930. The van der Waals surface area contributed by atoms with Gasteiger partial charge in [-0.05, 0) is 44.5 Å². The van der Waals surface area contributed by atoms with Crippen LogP contribution in [0.5, 0.6) is 0 Å². The third kappa shape index (κ3) is 5.78. The van der Waals surface area contributed by atoms with E-state index < -0.39 is 21.5 Å². The summed E-state index contributed by atoms with van der Waals surface area (Å²) in [6, 6.07) is 13.9. The van der Waals surface area contributed by atoms with Gasteiger partial charge in [-0.3, -0.25) is 0 Å². The zero-order chi connectivity index (χ0) is 20.9. The smallest absolute Gasteiger partial charge is 0.337 e. The normalized spacial score (nSPS) is 13.2. The standard InChI is InChI=1S/C20H25ClN2O4S/c1-14(15-8-6-5-7-9-15)23-20(2,3)13-22-28(25,26)18-11-10-16(12-17(18)21)19(24)27-4/h5-12,14,22-23H,13H2,1-4H3. The molecule has 0 aromatic heterocycles. The molecule has 28 heavy (non-hydrogen) atoms. The van der Waals surface area contributed by atoms with Crippen molar-refractivity contribution in [1.29, 1.82) is 0 Å². The largest absolute Gasteiger partial charge is 0.465 e. The van der Waals surface area contributed by atoms with Gasteiger partial charge in [-0.25, -0.2) is 17.9 Å². The molecule has 0 saturated carbocycles. The molecule has 2 aromatic rings. The quantitative estimate of drug-likeness (QED) is 0.633. The number of methoxy groups -OCH3 is 1. The monoisotopic (exact) mass is 424 g/mol. The number of benzene rings is 2. The summed E-state index contributed by atoms with van der Waals surface area (Å²) in [5, 5.41) is 3.38. The molecule has 0 spiro atoms. The van der Waals surface area contributed by atoms with E-state index in [0.29, 0.717) is 0 Å². The fraction of sp³-hybridized carbons (Fsp3) is 0.350. The van der Waals surface area contributed by atoms with E-state index in [-0.39, 0.29) is 28.1 Å². The molecule has 2 N–H and O–H groups in total. The lowest BCUT2D eigenvalue weighted by molar-refractivity contribution is 0.0600. The van der Waals surface area contributed by atoms with Crippen LogP contribution in [0.15, 0.2) is 53.4 Å². The summed E-state index contributed by atoms with van der Waals surface area (Å²) >= 11 is 6.09. The van der Waals surface area contributed by atoms with Crippen LogP contribution in [0.25, 0.3) is 0 Å². The minimum absolute atomic E-state index is 0.0428. The van der Waals surface area contributed by atoms with Crippen molar-refractivity contribution in [3.63, 3.8) is 0 Å². The van der Waals surface area contributed by atoms with Crippen LogP contribution in [0.4, 0.5) is 0 Å². The summed E-state index contributed by atoms with van der Waals surface area (Å²) in [4.78, 5) is 11.5. The first-order valence-corrected chi connectivity index (χ1v) is 10.6. The van der Waals surface area contributed by atoms with E-state index in [1.807, 2.05) is 51.1 Å². The Balaban J connectivity index is 2.08. The molecule has 8 heteroatoms. The van der Waals surface area contributed by atoms with Crippen LogP contribution in [-0.4, -0.2) is 33.6 Å². The van der Waals surface area contributed by atoms with Crippen LogP contribution in [0.3, 0.4) is 0 Å². The van der Waals surface area contributed by atoms with E-state index in [4.69, 9.17) is 11.6 Å². The van der Waals surface area contributed by atoms with Crippen LogP contribution in [-0.2, 0) is 14.8 Å². The zero-order valence-corrected chi connectivity index (χ0v) is 17.9. The number of hydrogen-bond acceptors (Lipinski definition) is 5. The fourth-order valence-electron chi connectivity index (χ4n) is 2.78. The van der Waals surface area contributed by atoms with Crippen molar-refractivity contribution in [2.75, 3.05) is 13.7 Å². The van der Waals surface area contributed by atoms with Crippen molar-refractivity contribution in [3.8, 4) is 0 Å². The third-order valence-corrected chi connectivity index (χ3v) is 6.14. The topological polar surface area (TPSA) is 84.5 Å². The van der Waals surface area contributed by atoms with Gasteiger partial charge < -0.3 is 10.1 Å². The number of ether oxygens (including phenoxy) is 1. The predicted molar refractivity (Wildman–Crippen MR) is 110 cm³/mol. The van der Waals surface area contributed by atoms with Gasteiger partial charge in [0.25, 0.3) is 0 Å². The van der Waals surface area contributed by atoms with Crippen LogP contribution in [0.2, 0.25) is 5.02 Å². The molecule has 6 nitrogen and oxygen atoms in total. The summed E-state index contributed by atoms with van der Waals surface area (Å²) in [5.74, 6) is -0.584. The van der Waals surface area contributed by atoms with Crippen molar-refractivity contribution < 1.29 is 17.9 Å². The van der Waals surface area contributed by atoms with Gasteiger partial charge in [0.05, 0.1) is 17.7 Å². The predicted octanol–water partition coefficient (Wildman–Crippen LogP) is 3.53. The SMILES string of the molecule is COC(=O)c1ccc(S(=O)(=O)NCC(C)(C)NC(C)c2ccccc2)c(Cl)c1. The highest BCUT2D eigenvalue weighted by molar-refractivity contribution is 7.89. The van der Waals surface area contributed by atoms with Crippen molar-refractivity contribution in [2.24, 2.45) is 0 Å². The van der Waals surface area contributed by atoms with E-state index in [9.17, 15) is 13.2 Å². The van der Waals surface area contributed by atoms with Crippen LogP contribution >= 0.6 is 11.6 Å².